The minimum Gasteiger partial charge on any atom is -0.355 e. The van der Waals surface area contributed by atoms with Crippen LogP contribution < -0.4 is 9.80 Å². The lowest BCUT2D eigenvalue weighted by atomic mass is 9.93. The topological polar surface area (TPSA) is 68.9 Å². The van der Waals surface area contributed by atoms with Gasteiger partial charge in [-0.1, -0.05) is 11.6 Å². The Bertz CT molecular complexity index is 1130. The summed E-state index contributed by atoms with van der Waals surface area (Å²) in [6, 6.07) is 10.4. The van der Waals surface area contributed by atoms with Crippen LogP contribution in [0.3, 0.4) is 0 Å². The number of nitrogens with zero attached hydrogens (tertiary/aromatic N) is 6. The summed E-state index contributed by atoms with van der Waals surface area (Å²) < 4.78 is 0. The summed E-state index contributed by atoms with van der Waals surface area (Å²) >= 11 is 6.12. The molecule has 0 saturated carbocycles. The molecular weight excluding hydrogens is 396 g/mol. The molecule has 2 aromatic heterocycles. The zero-order chi connectivity index (χ0) is 20.7. The van der Waals surface area contributed by atoms with Crippen LogP contribution in [0.1, 0.15) is 30.0 Å². The van der Waals surface area contributed by atoms with E-state index in [1.807, 2.05) is 18.2 Å². The van der Waals surface area contributed by atoms with Crippen molar-refractivity contribution in [3.8, 4) is 6.07 Å². The summed E-state index contributed by atoms with van der Waals surface area (Å²) in [5.41, 5.74) is 3.18. The van der Waals surface area contributed by atoms with Crippen molar-refractivity contribution < 1.29 is 0 Å². The molecule has 4 heterocycles. The van der Waals surface area contributed by atoms with Crippen LogP contribution in [0.15, 0.2) is 36.7 Å². The van der Waals surface area contributed by atoms with E-state index in [2.05, 4.69) is 33.8 Å². The van der Waals surface area contributed by atoms with Crippen LogP contribution in [-0.2, 0) is 0 Å². The number of rotatable bonds is 3. The van der Waals surface area contributed by atoms with Gasteiger partial charge in [-0.2, -0.15) is 5.26 Å². The van der Waals surface area contributed by atoms with Crippen LogP contribution in [0.5, 0.6) is 0 Å². The number of pyridine rings is 1. The van der Waals surface area contributed by atoms with Crippen molar-refractivity contribution in [1.82, 2.24) is 15.0 Å². The number of aromatic nitrogens is 3. The van der Waals surface area contributed by atoms with Crippen molar-refractivity contribution in [2.24, 2.45) is 5.92 Å². The van der Waals surface area contributed by atoms with Gasteiger partial charge in [0.1, 0.15) is 5.82 Å². The molecule has 2 aliphatic rings. The Kier molecular flexibility index (Phi) is 4.92. The minimum absolute atomic E-state index is 0.164. The third-order valence-corrected chi connectivity index (χ3v) is 6.43. The van der Waals surface area contributed by atoms with Crippen LogP contribution in [0, 0.1) is 24.2 Å². The molecule has 0 spiro atoms. The first-order valence-electron chi connectivity index (χ1n) is 10.4. The Labute approximate surface area is 181 Å². The Balaban J connectivity index is 1.34. The Hall–Kier alpha value is -2.91. The van der Waals surface area contributed by atoms with Crippen molar-refractivity contribution in [3.63, 3.8) is 0 Å². The van der Waals surface area contributed by atoms with E-state index in [1.165, 1.54) is 0 Å². The van der Waals surface area contributed by atoms with E-state index in [0.717, 1.165) is 77.8 Å². The van der Waals surface area contributed by atoms with Gasteiger partial charge >= 0.3 is 0 Å². The number of nitriles is 1. The predicted octanol–water partition coefficient (Wildman–Crippen LogP) is 4.33. The van der Waals surface area contributed by atoms with Gasteiger partial charge in [0, 0.05) is 60.8 Å². The van der Waals surface area contributed by atoms with Crippen LogP contribution in [0.25, 0.3) is 10.9 Å². The first-order chi connectivity index (χ1) is 14.6. The summed E-state index contributed by atoms with van der Waals surface area (Å²) in [7, 11) is 0. The van der Waals surface area contributed by atoms with Gasteiger partial charge in [0.05, 0.1) is 17.3 Å². The number of fused-ring (bicyclic) bond motifs is 1. The number of benzene rings is 1. The van der Waals surface area contributed by atoms with E-state index >= 15 is 0 Å². The molecule has 3 aromatic rings. The van der Waals surface area contributed by atoms with Crippen LogP contribution >= 0.6 is 11.6 Å². The zero-order valence-corrected chi connectivity index (χ0v) is 17.7. The molecule has 5 rings (SSSR count). The number of halogens is 1. The van der Waals surface area contributed by atoms with E-state index in [4.69, 9.17) is 26.8 Å². The third-order valence-electron chi connectivity index (χ3n) is 6.19. The van der Waals surface area contributed by atoms with Crippen molar-refractivity contribution in [3.05, 3.63) is 52.9 Å². The lowest BCUT2D eigenvalue weighted by molar-refractivity contribution is 0.473. The molecule has 2 fully saturated rings. The largest absolute Gasteiger partial charge is 0.355 e. The molecule has 2 aliphatic heterocycles. The van der Waals surface area contributed by atoms with Gasteiger partial charge in [0.2, 0.25) is 0 Å². The van der Waals surface area contributed by atoms with Gasteiger partial charge in [-0.25, -0.2) is 9.97 Å². The summed E-state index contributed by atoms with van der Waals surface area (Å²) in [4.78, 5) is 18.8. The van der Waals surface area contributed by atoms with Crippen molar-refractivity contribution in [2.75, 3.05) is 36.0 Å². The maximum Gasteiger partial charge on any atom is 0.150 e. The number of hydrogen-bond acceptors (Lipinski definition) is 6. The maximum absolute atomic E-state index is 9.16. The standard InChI is InChI=1S/C23H23ClN6/c1-15-10-17-11-19(24)2-3-20(17)28-22(15)30-13-18(14-30)21-23(27-7-6-26-21)29-8-4-16(12-25)5-9-29/h2-3,6-7,10-11,16,18H,4-5,8-9,13-14H2,1H3. The monoisotopic (exact) mass is 418 g/mol. The number of anilines is 2. The number of piperidine rings is 1. The Morgan fingerprint density at radius 1 is 1.03 bits per heavy atom. The zero-order valence-electron chi connectivity index (χ0n) is 16.9. The maximum atomic E-state index is 9.16. The smallest absolute Gasteiger partial charge is 0.150 e. The first kappa shape index (κ1) is 19.1. The molecule has 0 N–H and O–H groups in total. The molecule has 0 amide bonds. The molecule has 7 heteroatoms. The van der Waals surface area contributed by atoms with E-state index < -0.39 is 0 Å². The van der Waals surface area contributed by atoms with Gasteiger partial charge in [-0.05, 0) is 49.6 Å². The third kappa shape index (κ3) is 3.44. The van der Waals surface area contributed by atoms with Gasteiger partial charge < -0.3 is 9.80 Å². The van der Waals surface area contributed by atoms with Gasteiger partial charge in [-0.15, -0.1) is 0 Å². The van der Waals surface area contributed by atoms with E-state index in [0.29, 0.717) is 5.92 Å². The fourth-order valence-corrected chi connectivity index (χ4v) is 4.66. The Morgan fingerprint density at radius 3 is 2.57 bits per heavy atom. The average molecular weight is 419 g/mol. The normalized spacial score (nSPS) is 17.8. The molecule has 0 atom stereocenters. The fourth-order valence-electron chi connectivity index (χ4n) is 4.48. The lowest BCUT2D eigenvalue weighted by Gasteiger charge is -2.42. The van der Waals surface area contributed by atoms with Gasteiger partial charge in [0.25, 0.3) is 0 Å². The number of hydrogen-bond donors (Lipinski definition) is 0. The van der Waals surface area contributed by atoms with Gasteiger partial charge in [-0.3, -0.25) is 4.98 Å². The first-order valence-corrected chi connectivity index (χ1v) is 10.8. The number of aryl methyl sites for hydroxylation is 1. The quantitative estimate of drug-likeness (QED) is 0.630. The van der Waals surface area contributed by atoms with Crippen molar-refractivity contribution >= 4 is 34.1 Å². The van der Waals surface area contributed by atoms with E-state index in [9.17, 15) is 0 Å². The second-order valence-electron chi connectivity index (χ2n) is 8.22. The van der Waals surface area contributed by atoms with Crippen LogP contribution in [0.4, 0.5) is 11.6 Å². The fraction of sp³-hybridized carbons (Fsp3) is 0.391. The molecule has 152 valence electrons. The molecule has 6 nitrogen and oxygen atoms in total. The summed E-state index contributed by atoms with van der Waals surface area (Å²) in [6.07, 6.45) is 5.35. The van der Waals surface area contributed by atoms with Crippen molar-refractivity contribution in [2.45, 2.75) is 25.7 Å². The van der Waals surface area contributed by atoms with Crippen LogP contribution in [0.2, 0.25) is 5.02 Å². The summed E-state index contributed by atoms with van der Waals surface area (Å²) in [5.74, 6) is 2.51. The molecular formula is C23H23ClN6. The second kappa shape index (κ2) is 7.73. The predicted molar refractivity (Wildman–Crippen MR) is 119 cm³/mol. The highest BCUT2D eigenvalue weighted by Gasteiger charge is 2.34. The SMILES string of the molecule is Cc1cc2cc(Cl)ccc2nc1N1CC(c2nccnc2N2CCC(C#N)CC2)C1. The second-order valence-corrected chi connectivity index (χ2v) is 8.66. The highest BCUT2D eigenvalue weighted by Crippen LogP contribution is 2.36. The van der Waals surface area contributed by atoms with Crippen molar-refractivity contribution in [1.29, 1.82) is 5.26 Å². The Morgan fingerprint density at radius 2 is 1.80 bits per heavy atom. The molecule has 30 heavy (non-hydrogen) atoms. The van der Waals surface area contributed by atoms with Gasteiger partial charge in [0.15, 0.2) is 5.82 Å². The van der Waals surface area contributed by atoms with E-state index in [1.54, 1.807) is 12.4 Å². The molecule has 0 unspecified atom stereocenters. The summed E-state index contributed by atoms with van der Waals surface area (Å²) in [6.45, 7) is 5.60. The molecule has 0 bridgehead atoms. The lowest BCUT2D eigenvalue weighted by Crippen LogP contribution is -2.47. The summed E-state index contributed by atoms with van der Waals surface area (Å²) in [5, 5.41) is 11.0. The highest BCUT2D eigenvalue weighted by atomic mass is 35.5. The minimum atomic E-state index is 0.164. The molecule has 0 aliphatic carbocycles. The highest BCUT2D eigenvalue weighted by molar-refractivity contribution is 6.31. The average Bonchev–Trinajstić information content (AvgIpc) is 2.73. The molecule has 0 radical (unpaired) electrons. The molecule has 1 aromatic carbocycles. The van der Waals surface area contributed by atoms with Crippen LogP contribution in [-0.4, -0.2) is 41.1 Å². The van der Waals surface area contributed by atoms with E-state index in [-0.39, 0.29) is 5.92 Å². The molecule has 2 saturated heterocycles.